The molecule has 1 aromatic heterocycles. The van der Waals surface area contributed by atoms with Crippen molar-refractivity contribution in [1.29, 1.82) is 5.26 Å². The number of carbonyl (C=O) groups is 1. The Bertz CT molecular complexity index is 680. The van der Waals surface area contributed by atoms with Crippen molar-refractivity contribution in [1.82, 2.24) is 4.90 Å². The molecule has 1 saturated heterocycles. The van der Waals surface area contributed by atoms with Crippen LogP contribution < -0.4 is 5.73 Å². The average molecular weight is 323 g/mol. The molecule has 7 heteroatoms. The SMILES string of the molecule is CC(C)(C)OC(=O)N1CC2(C1)c1c(sc(N)c1C#N)CC2F. The van der Waals surface area contributed by atoms with Crippen molar-refractivity contribution in [3.8, 4) is 6.07 Å². The molecule has 2 N–H and O–H groups in total. The lowest BCUT2D eigenvalue weighted by atomic mass is 9.73. The van der Waals surface area contributed by atoms with E-state index in [-0.39, 0.29) is 19.5 Å². The van der Waals surface area contributed by atoms with Crippen molar-refractivity contribution in [2.24, 2.45) is 0 Å². The van der Waals surface area contributed by atoms with Crippen molar-refractivity contribution < 1.29 is 13.9 Å². The van der Waals surface area contributed by atoms with Gasteiger partial charge in [0.15, 0.2) is 0 Å². The summed E-state index contributed by atoms with van der Waals surface area (Å²) in [5.74, 6) is 0. The van der Waals surface area contributed by atoms with Crippen molar-refractivity contribution in [3.63, 3.8) is 0 Å². The van der Waals surface area contributed by atoms with Gasteiger partial charge in [0, 0.05) is 24.4 Å². The summed E-state index contributed by atoms with van der Waals surface area (Å²) < 4.78 is 19.9. The highest BCUT2D eigenvalue weighted by atomic mass is 32.1. The van der Waals surface area contributed by atoms with Gasteiger partial charge in [-0.1, -0.05) is 0 Å². The predicted molar refractivity (Wildman–Crippen MR) is 81.5 cm³/mol. The maximum absolute atomic E-state index is 14.6. The van der Waals surface area contributed by atoms with E-state index >= 15 is 0 Å². The summed E-state index contributed by atoms with van der Waals surface area (Å²) in [5.41, 5.74) is 5.58. The van der Waals surface area contributed by atoms with Gasteiger partial charge in [-0.2, -0.15) is 5.26 Å². The monoisotopic (exact) mass is 323 g/mol. The van der Waals surface area contributed by atoms with E-state index < -0.39 is 23.3 Å². The lowest BCUT2D eigenvalue weighted by molar-refractivity contribution is -0.0256. The Morgan fingerprint density at radius 2 is 2.18 bits per heavy atom. The normalized spacial score (nSPS) is 22.1. The fourth-order valence-electron chi connectivity index (χ4n) is 3.24. The topological polar surface area (TPSA) is 79.3 Å². The molecule has 118 valence electrons. The summed E-state index contributed by atoms with van der Waals surface area (Å²) in [5, 5.41) is 9.73. The summed E-state index contributed by atoms with van der Waals surface area (Å²) in [7, 11) is 0. The molecule has 1 spiro atoms. The zero-order valence-corrected chi connectivity index (χ0v) is 13.6. The number of halogens is 1. The van der Waals surface area contributed by atoms with E-state index in [2.05, 4.69) is 6.07 Å². The number of alkyl halides is 1. The molecule has 5 nitrogen and oxygen atoms in total. The number of nitrogen functional groups attached to an aromatic ring is 1. The highest BCUT2D eigenvalue weighted by Crippen LogP contribution is 2.53. The Balaban J connectivity index is 1.84. The average Bonchev–Trinajstić information content (AvgIpc) is 2.75. The summed E-state index contributed by atoms with van der Waals surface area (Å²) in [4.78, 5) is 14.4. The molecule has 22 heavy (non-hydrogen) atoms. The van der Waals surface area contributed by atoms with Crippen LogP contribution in [0.4, 0.5) is 14.2 Å². The highest BCUT2D eigenvalue weighted by molar-refractivity contribution is 7.16. The van der Waals surface area contributed by atoms with Crippen LogP contribution in [-0.2, 0) is 16.6 Å². The minimum atomic E-state index is -1.08. The van der Waals surface area contributed by atoms with Gasteiger partial charge in [-0.3, -0.25) is 0 Å². The summed E-state index contributed by atoms with van der Waals surface area (Å²) >= 11 is 1.28. The first kappa shape index (κ1) is 15.1. The van der Waals surface area contributed by atoms with E-state index in [0.717, 1.165) is 4.88 Å². The number of carbonyl (C=O) groups excluding carboxylic acids is 1. The van der Waals surface area contributed by atoms with Gasteiger partial charge in [-0.05, 0) is 26.3 Å². The molecular formula is C15H18FN3O2S. The molecule has 3 rings (SSSR count). The summed E-state index contributed by atoms with van der Waals surface area (Å²) in [6.07, 6.45) is -1.26. The molecule has 1 aromatic rings. The Kier molecular flexibility index (Phi) is 3.15. The molecule has 1 amide bonds. The zero-order valence-electron chi connectivity index (χ0n) is 12.8. The molecule has 1 aliphatic heterocycles. The van der Waals surface area contributed by atoms with Crippen LogP contribution in [0.2, 0.25) is 0 Å². The number of ether oxygens (including phenoxy) is 1. The van der Waals surface area contributed by atoms with Crippen LogP contribution in [-0.4, -0.2) is 35.9 Å². The van der Waals surface area contributed by atoms with E-state index in [0.29, 0.717) is 16.1 Å². The standard InChI is InChI=1S/C15H18FN3O2S/c1-14(2,3)21-13(20)19-6-15(7-19)10(16)4-9-11(15)8(5-17)12(18)22-9/h10H,4,6-7,18H2,1-3H3. The number of nitriles is 1. The van der Waals surface area contributed by atoms with Crippen LogP contribution in [0.15, 0.2) is 0 Å². The van der Waals surface area contributed by atoms with Crippen molar-refractivity contribution >= 4 is 22.4 Å². The second kappa shape index (κ2) is 4.59. The van der Waals surface area contributed by atoms with E-state index in [1.165, 1.54) is 16.2 Å². The fourth-order valence-corrected chi connectivity index (χ4v) is 4.39. The van der Waals surface area contributed by atoms with Crippen LogP contribution in [0.25, 0.3) is 0 Å². The van der Waals surface area contributed by atoms with E-state index in [9.17, 15) is 14.4 Å². The lowest BCUT2D eigenvalue weighted by Gasteiger charge is -2.49. The first-order valence-corrected chi connectivity index (χ1v) is 7.93. The minimum absolute atomic E-state index is 0.237. The maximum atomic E-state index is 14.6. The Hall–Kier alpha value is -1.81. The first-order valence-electron chi connectivity index (χ1n) is 7.11. The Morgan fingerprint density at radius 1 is 1.55 bits per heavy atom. The van der Waals surface area contributed by atoms with Gasteiger partial charge in [0.2, 0.25) is 0 Å². The van der Waals surface area contributed by atoms with Crippen LogP contribution in [0.5, 0.6) is 0 Å². The number of likely N-dealkylation sites (tertiary alicyclic amines) is 1. The molecule has 1 aliphatic carbocycles. The van der Waals surface area contributed by atoms with Gasteiger partial charge in [-0.15, -0.1) is 11.3 Å². The molecule has 1 atom stereocenters. The minimum Gasteiger partial charge on any atom is -0.444 e. The Morgan fingerprint density at radius 3 is 2.73 bits per heavy atom. The number of nitrogens with zero attached hydrogens (tertiary/aromatic N) is 2. The van der Waals surface area contributed by atoms with Gasteiger partial charge in [-0.25, -0.2) is 9.18 Å². The van der Waals surface area contributed by atoms with Crippen molar-refractivity contribution in [3.05, 3.63) is 16.0 Å². The van der Waals surface area contributed by atoms with E-state index in [4.69, 9.17) is 10.5 Å². The second-order valence-electron chi connectivity index (χ2n) is 6.92. The number of nitrogens with two attached hydrogens (primary N) is 1. The third-order valence-corrected chi connectivity index (χ3v) is 5.22. The number of fused-ring (bicyclic) bond motifs is 2. The highest BCUT2D eigenvalue weighted by Gasteiger charge is 2.59. The molecular weight excluding hydrogens is 305 g/mol. The second-order valence-corrected chi connectivity index (χ2v) is 8.05. The van der Waals surface area contributed by atoms with Gasteiger partial charge in [0.1, 0.15) is 22.8 Å². The van der Waals surface area contributed by atoms with E-state index in [1.807, 2.05) is 0 Å². The van der Waals surface area contributed by atoms with Crippen molar-refractivity contribution in [2.45, 2.75) is 44.4 Å². The molecule has 0 saturated carbocycles. The van der Waals surface area contributed by atoms with Crippen LogP contribution in [0, 0.1) is 11.3 Å². The zero-order chi connectivity index (χ0) is 16.3. The van der Waals surface area contributed by atoms with Crippen LogP contribution in [0.3, 0.4) is 0 Å². The number of amides is 1. The molecule has 0 radical (unpaired) electrons. The number of hydrogen-bond acceptors (Lipinski definition) is 5. The molecule has 0 bridgehead atoms. The van der Waals surface area contributed by atoms with Crippen LogP contribution in [0.1, 0.15) is 36.8 Å². The first-order chi connectivity index (χ1) is 10.2. The van der Waals surface area contributed by atoms with Gasteiger partial charge in [0.05, 0.1) is 11.0 Å². The quantitative estimate of drug-likeness (QED) is 0.796. The lowest BCUT2D eigenvalue weighted by Crippen LogP contribution is -2.64. The summed E-state index contributed by atoms with van der Waals surface area (Å²) in [6.45, 7) is 5.85. The smallest absolute Gasteiger partial charge is 0.410 e. The molecule has 2 aliphatic rings. The number of thiophene rings is 1. The molecule has 1 unspecified atom stereocenters. The van der Waals surface area contributed by atoms with E-state index in [1.54, 1.807) is 20.8 Å². The molecule has 0 aromatic carbocycles. The van der Waals surface area contributed by atoms with Gasteiger partial charge < -0.3 is 15.4 Å². The molecule has 2 heterocycles. The van der Waals surface area contributed by atoms with Gasteiger partial charge >= 0.3 is 6.09 Å². The fraction of sp³-hybridized carbons (Fsp3) is 0.600. The predicted octanol–water partition coefficient (Wildman–Crippen LogP) is 2.58. The number of rotatable bonds is 0. The number of anilines is 1. The van der Waals surface area contributed by atoms with Crippen LogP contribution >= 0.6 is 11.3 Å². The summed E-state index contributed by atoms with van der Waals surface area (Å²) in [6, 6.07) is 2.09. The molecule has 1 fully saturated rings. The maximum Gasteiger partial charge on any atom is 0.410 e. The Labute approximate surface area is 132 Å². The van der Waals surface area contributed by atoms with Gasteiger partial charge in [0.25, 0.3) is 0 Å². The van der Waals surface area contributed by atoms with Crippen molar-refractivity contribution in [2.75, 3.05) is 18.8 Å². The largest absolute Gasteiger partial charge is 0.444 e. The number of hydrogen-bond donors (Lipinski definition) is 1. The third-order valence-electron chi connectivity index (χ3n) is 4.18. The third kappa shape index (κ3) is 2.05.